The van der Waals surface area contributed by atoms with Gasteiger partial charge in [-0.2, -0.15) is 0 Å². The van der Waals surface area contributed by atoms with Gasteiger partial charge in [0, 0.05) is 16.8 Å². The second-order valence-electron chi connectivity index (χ2n) is 2.04. The van der Waals surface area contributed by atoms with E-state index in [1.807, 2.05) is 12.3 Å². The van der Waals surface area contributed by atoms with Crippen LogP contribution in [-0.4, -0.2) is 11.2 Å². The summed E-state index contributed by atoms with van der Waals surface area (Å²) in [6.45, 7) is 2.12. The van der Waals surface area contributed by atoms with Gasteiger partial charge in [0.2, 0.25) is 0 Å². The Bertz CT molecular complexity index is 191. The first-order chi connectivity index (χ1) is 4.86. The highest BCUT2D eigenvalue weighted by molar-refractivity contribution is 7.98. The van der Waals surface area contributed by atoms with Crippen molar-refractivity contribution in [1.82, 2.24) is 4.98 Å². The lowest BCUT2D eigenvalue weighted by molar-refractivity contribution is 1.02. The summed E-state index contributed by atoms with van der Waals surface area (Å²) in [4.78, 5) is 5.49. The molecule has 0 unspecified atom stereocenters. The van der Waals surface area contributed by atoms with Crippen LogP contribution >= 0.6 is 11.8 Å². The van der Waals surface area contributed by atoms with Gasteiger partial charge in [0.15, 0.2) is 0 Å². The van der Waals surface area contributed by atoms with Crippen LogP contribution in [-0.2, 0) is 6.42 Å². The average molecular weight is 153 g/mol. The number of thioether (sulfide) groups is 1. The Kier molecular flexibility index (Phi) is 2.75. The van der Waals surface area contributed by atoms with Crippen LogP contribution in [0.3, 0.4) is 0 Å². The molecule has 0 bridgehead atoms. The van der Waals surface area contributed by atoms with Gasteiger partial charge in [-0.25, -0.2) is 0 Å². The molecule has 1 aromatic heterocycles. The number of hydrogen-bond acceptors (Lipinski definition) is 2. The van der Waals surface area contributed by atoms with Crippen molar-refractivity contribution in [1.29, 1.82) is 0 Å². The van der Waals surface area contributed by atoms with E-state index >= 15 is 0 Å². The Balaban J connectivity index is 2.87. The molecule has 1 heterocycles. The zero-order chi connectivity index (χ0) is 7.40. The Labute approximate surface area is 65.9 Å². The molecule has 0 saturated carbocycles. The molecule has 10 heavy (non-hydrogen) atoms. The highest BCUT2D eigenvalue weighted by Crippen LogP contribution is 2.13. The maximum absolute atomic E-state index is 4.19. The van der Waals surface area contributed by atoms with Gasteiger partial charge >= 0.3 is 0 Å². The summed E-state index contributed by atoms with van der Waals surface area (Å²) in [5.41, 5.74) is 1.17. The van der Waals surface area contributed by atoms with Crippen LogP contribution in [0, 0.1) is 0 Å². The maximum Gasteiger partial charge on any atom is 0.0412 e. The normalized spacial score (nSPS) is 9.80. The molecule has 0 aliphatic rings. The van der Waals surface area contributed by atoms with E-state index in [2.05, 4.69) is 24.2 Å². The van der Waals surface area contributed by atoms with Crippen molar-refractivity contribution in [2.45, 2.75) is 18.2 Å². The van der Waals surface area contributed by atoms with E-state index in [0.29, 0.717) is 0 Å². The van der Waals surface area contributed by atoms with Crippen LogP contribution in [0.15, 0.2) is 23.2 Å². The zero-order valence-corrected chi connectivity index (χ0v) is 7.11. The average Bonchev–Trinajstić information content (AvgIpc) is 2.05. The van der Waals surface area contributed by atoms with Crippen LogP contribution in [0.5, 0.6) is 0 Å². The number of rotatable bonds is 2. The highest BCUT2D eigenvalue weighted by atomic mass is 32.2. The molecule has 0 saturated heterocycles. The molecule has 0 fully saturated rings. The second kappa shape index (κ2) is 3.62. The van der Waals surface area contributed by atoms with Gasteiger partial charge in [-0.15, -0.1) is 11.8 Å². The first-order valence-corrected chi connectivity index (χ1v) is 4.58. The number of aromatic nitrogens is 1. The standard InChI is InChI=1S/C8H11NS/c1-3-7-6-8(10-2)4-5-9-7/h4-6H,3H2,1-2H3. The summed E-state index contributed by atoms with van der Waals surface area (Å²) in [6, 6.07) is 4.16. The third kappa shape index (κ3) is 1.74. The fourth-order valence-corrected chi connectivity index (χ4v) is 1.23. The molecule has 1 rings (SSSR count). The van der Waals surface area contributed by atoms with Crippen molar-refractivity contribution in [2.24, 2.45) is 0 Å². The molecule has 0 aliphatic heterocycles. The Hall–Kier alpha value is -0.500. The molecule has 0 aromatic carbocycles. The van der Waals surface area contributed by atoms with E-state index in [-0.39, 0.29) is 0 Å². The minimum absolute atomic E-state index is 1.02. The predicted molar refractivity (Wildman–Crippen MR) is 45.4 cm³/mol. The first-order valence-electron chi connectivity index (χ1n) is 3.35. The van der Waals surface area contributed by atoms with Crippen LogP contribution in [0.2, 0.25) is 0 Å². The Morgan fingerprint density at radius 3 is 3.00 bits per heavy atom. The Morgan fingerprint density at radius 2 is 2.40 bits per heavy atom. The molecule has 54 valence electrons. The van der Waals surface area contributed by atoms with Gasteiger partial charge in [0.1, 0.15) is 0 Å². The lowest BCUT2D eigenvalue weighted by atomic mass is 10.3. The SMILES string of the molecule is CCc1cc(SC)ccn1. The number of nitrogens with zero attached hydrogens (tertiary/aromatic N) is 1. The van der Waals surface area contributed by atoms with Gasteiger partial charge in [0.25, 0.3) is 0 Å². The van der Waals surface area contributed by atoms with Crippen molar-refractivity contribution < 1.29 is 0 Å². The zero-order valence-electron chi connectivity index (χ0n) is 6.29. The molecule has 0 atom stereocenters. The molecular formula is C8H11NS. The van der Waals surface area contributed by atoms with Crippen molar-refractivity contribution in [3.05, 3.63) is 24.0 Å². The summed E-state index contributed by atoms with van der Waals surface area (Å²) >= 11 is 1.76. The molecular weight excluding hydrogens is 142 g/mol. The van der Waals surface area contributed by atoms with Crippen molar-refractivity contribution >= 4 is 11.8 Å². The minimum Gasteiger partial charge on any atom is -0.261 e. The molecule has 1 aromatic rings. The van der Waals surface area contributed by atoms with Crippen LogP contribution < -0.4 is 0 Å². The molecule has 0 radical (unpaired) electrons. The van der Waals surface area contributed by atoms with E-state index < -0.39 is 0 Å². The van der Waals surface area contributed by atoms with Gasteiger partial charge in [-0.05, 0) is 24.8 Å². The molecule has 0 N–H and O–H groups in total. The van der Waals surface area contributed by atoms with Gasteiger partial charge in [-0.3, -0.25) is 4.98 Å². The minimum atomic E-state index is 1.02. The summed E-state index contributed by atoms with van der Waals surface area (Å²) in [5.74, 6) is 0. The van der Waals surface area contributed by atoms with E-state index in [4.69, 9.17) is 0 Å². The monoisotopic (exact) mass is 153 g/mol. The van der Waals surface area contributed by atoms with Crippen molar-refractivity contribution in [3.8, 4) is 0 Å². The van der Waals surface area contributed by atoms with E-state index in [1.54, 1.807) is 11.8 Å². The van der Waals surface area contributed by atoms with E-state index in [1.165, 1.54) is 10.6 Å². The van der Waals surface area contributed by atoms with Crippen molar-refractivity contribution in [2.75, 3.05) is 6.26 Å². The van der Waals surface area contributed by atoms with Crippen LogP contribution in [0.4, 0.5) is 0 Å². The number of pyridine rings is 1. The summed E-state index contributed by atoms with van der Waals surface area (Å²) in [5, 5.41) is 0. The predicted octanol–water partition coefficient (Wildman–Crippen LogP) is 2.37. The molecule has 2 heteroatoms. The van der Waals surface area contributed by atoms with Gasteiger partial charge < -0.3 is 0 Å². The van der Waals surface area contributed by atoms with E-state index in [9.17, 15) is 0 Å². The highest BCUT2D eigenvalue weighted by Gasteiger charge is 1.91. The first kappa shape index (κ1) is 7.61. The molecule has 0 aliphatic carbocycles. The topological polar surface area (TPSA) is 12.9 Å². The summed E-state index contributed by atoms with van der Waals surface area (Å²) < 4.78 is 0. The number of aryl methyl sites for hydroxylation is 1. The quantitative estimate of drug-likeness (QED) is 0.605. The largest absolute Gasteiger partial charge is 0.261 e. The lowest BCUT2D eigenvalue weighted by Crippen LogP contribution is -1.84. The van der Waals surface area contributed by atoms with Crippen LogP contribution in [0.1, 0.15) is 12.6 Å². The van der Waals surface area contributed by atoms with E-state index in [0.717, 1.165) is 6.42 Å². The lowest BCUT2D eigenvalue weighted by Gasteiger charge is -1.97. The third-order valence-electron chi connectivity index (χ3n) is 1.39. The fourth-order valence-electron chi connectivity index (χ4n) is 0.776. The smallest absolute Gasteiger partial charge is 0.0412 e. The Morgan fingerprint density at radius 1 is 1.60 bits per heavy atom. The molecule has 0 amide bonds. The second-order valence-corrected chi connectivity index (χ2v) is 2.92. The summed E-state index contributed by atoms with van der Waals surface area (Å²) in [6.07, 6.45) is 4.97. The van der Waals surface area contributed by atoms with Crippen LogP contribution in [0.25, 0.3) is 0 Å². The summed E-state index contributed by atoms with van der Waals surface area (Å²) in [7, 11) is 0. The van der Waals surface area contributed by atoms with Gasteiger partial charge in [-0.1, -0.05) is 6.92 Å². The third-order valence-corrected chi connectivity index (χ3v) is 2.11. The molecule has 1 nitrogen and oxygen atoms in total. The van der Waals surface area contributed by atoms with Crippen molar-refractivity contribution in [3.63, 3.8) is 0 Å². The maximum atomic E-state index is 4.19. The fraction of sp³-hybridized carbons (Fsp3) is 0.375. The number of hydrogen-bond donors (Lipinski definition) is 0. The van der Waals surface area contributed by atoms with Gasteiger partial charge in [0.05, 0.1) is 0 Å². The molecule has 0 spiro atoms.